The van der Waals surface area contributed by atoms with E-state index in [9.17, 15) is 0 Å². The quantitative estimate of drug-likeness (QED) is 0.161. The summed E-state index contributed by atoms with van der Waals surface area (Å²) in [6.07, 6.45) is 0. The van der Waals surface area contributed by atoms with E-state index in [2.05, 4.69) is 200 Å². The molecule has 4 nitrogen and oxygen atoms in total. The molecule has 4 heteroatoms. The summed E-state index contributed by atoms with van der Waals surface area (Å²) >= 11 is 0. The van der Waals surface area contributed by atoms with Crippen molar-refractivity contribution in [3.8, 4) is 78.5 Å². The Morgan fingerprint density at radius 2 is 0.810 bits per heavy atom. The number of para-hydroxylation sites is 1. The molecule has 0 fully saturated rings. The van der Waals surface area contributed by atoms with Gasteiger partial charge < -0.3 is 4.42 Å². The molecule has 0 bridgehead atoms. The van der Waals surface area contributed by atoms with Gasteiger partial charge in [0.05, 0.1) is 28.0 Å². The molecule has 0 aliphatic carbocycles. The van der Waals surface area contributed by atoms with E-state index in [0.29, 0.717) is 5.82 Å². The largest absolute Gasteiger partial charge is 0.455 e. The van der Waals surface area contributed by atoms with Crippen molar-refractivity contribution in [2.45, 2.75) is 0 Å². The molecule has 0 saturated heterocycles. The van der Waals surface area contributed by atoms with Crippen LogP contribution in [0, 0.1) is 0 Å². The molecule has 0 aliphatic rings. The summed E-state index contributed by atoms with van der Waals surface area (Å²) in [5, 5.41) is 5.40. The van der Waals surface area contributed by atoms with Crippen LogP contribution in [-0.2, 0) is 0 Å². The Kier molecular flexibility index (Phi) is 8.79. The van der Waals surface area contributed by atoms with Crippen molar-refractivity contribution in [3.63, 3.8) is 0 Å². The van der Waals surface area contributed by atoms with Crippen LogP contribution in [0.4, 0.5) is 0 Å². The zero-order valence-corrected chi connectivity index (χ0v) is 34.1. The molecule has 0 amide bonds. The monoisotopic (exact) mass is 803 g/mol. The third-order valence-electron chi connectivity index (χ3n) is 12.1. The SMILES string of the molecule is c1ccc(-c2ccc(-c3cc(-c4ccc(-c5ccccc5)cc4)nc(-c4ccc(-c5ccc6nc(-c7cccc8ccccc78)c7c8ccccc8oc7c6c5)cc4)n3)cc2)cc1. The van der Waals surface area contributed by atoms with Crippen molar-refractivity contribution in [1.82, 2.24) is 15.0 Å². The number of rotatable bonds is 7. The van der Waals surface area contributed by atoms with E-state index in [4.69, 9.17) is 19.4 Å². The highest BCUT2D eigenvalue weighted by Crippen LogP contribution is 2.42. The summed E-state index contributed by atoms with van der Waals surface area (Å²) in [6.45, 7) is 0. The van der Waals surface area contributed by atoms with Gasteiger partial charge in [0.1, 0.15) is 11.2 Å². The zero-order chi connectivity index (χ0) is 41.7. The molecule has 0 atom stereocenters. The van der Waals surface area contributed by atoms with Gasteiger partial charge in [0.15, 0.2) is 5.82 Å². The standard InChI is InChI=1S/C59H37N3O/c1-3-12-38(13-4-1)40-22-28-44(29-23-40)53-37-54(45-30-24-41(25-31-45)39-14-5-2-6-15-39)62-59(61-53)46-32-26-42(27-33-46)47-34-35-52-51(36-47)58-56(50-19-9-10-21-55(50)63-58)57(60-52)49-20-11-17-43-16-7-8-18-48(43)49/h1-37H. The van der Waals surface area contributed by atoms with Gasteiger partial charge in [0.2, 0.25) is 0 Å². The highest BCUT2D eigenvalue weighted by molar-refractivity contribution is 6.21. The zero-order valence-electron chi connectivity index (χ0n) is 34.1. The predicted molar refractivity (Wildman–Crippen MR) is 260 cm³/mol. The minimum Gasteiger partial charge on any atom is -0.455 e. The molecule has 294 valence electrons. The topological polar surface area (TPSA) is 51.8 Å². The van der Waals surface area contributed by atoms with Crippen LogP contribution in [-0.4, -0.2) is 15.0 Å². The number of hydrogen-bond donors (Lipinski definition) is 0. The molecule has 9 aromatic carbocycles. The molecule has 63 heavy (non-hydrogen) atoms. The third kappa shape index (κ3) is 6.62. The first-order valence-corrected chi connectivity index (χ1v) is 21.2. The van der Waals surface area contributed by atoms with E-state index in [-0.39, 0.29) is 0 Å². The fraction of sp³-hybridized carbons (Fsp3) is 0. The van der Waals surface area contributed by atoms with Crippen molar-refractivity contribution in [2.24, 2.45) is 0 Å². The molecule has 0 aliphatic heterocycles. The molecule has 0 saturated carbocycles. The number of benzene rings is 9. The Labute approximate surface area is 364 Å². The summed E-state index contributed by atoms with van der Waals surface area (Å²) in [5.74, 6) is 0.668. The first-order chi connectivity index (χ1) is 31.2. The van der Waals surface area contributed by atoms with Crippen LogP contribution >= 0.6 is 0 Å². The van der Waals surface area contributed by atoms with Crippen LogP contribution in [0.5, 0.6) is 0 Å². The van der Waals surface area contributed by atoms with Crippen LogP contribution < -0.4 is 0 Å². The molecule has 0 radical (unpaired) electrons. The van der Waals surface area contributed by atoms with Gasteiger partial charge in [-0.15, -0.1) is 0 Å². The van der Waals surface area contributed by atoms with Crippen LogP contribution in [0.15, 0.2) is 229 Å². The molecule has 0 unspecified atom stereocenters. The summed E-state index contributed by atoms with van der Waals surface area (Å²) in [6, 6.07) is 78.5. The van der Waals surface area contributed by atoms with E-state index in [1.54, 1.807) is 0 Å². The fourth-order valence-corrected chi connectivity index (χ4v) is 8.88. The number of pyridine rings is 1. The summed E-state index contributed by atoms with van der Waals surface area (Å²) in [7, 11) is 0. The van der Waals surface area contributed by atoms with Crippen LogP contribution in [0.1, 0.15) is 0 Å². The smallest absolute Gasteiger partial charge is 0.160 e. The third-order valence-corrected chi connectivity index (χ3v) is 12.1. The normalized spacial score (nSPS) is 11.5. The average Bonchev–Trinajstić information content (AvgIpc) is 3.77. The van der Waals surface area contributed by atoms with E-state index in [1.165, 1.54) is 21.9 Å². The second-order valence-electron chi connectivity index (χ2n) is 15.9. The number of fused-ring (bicyclic) bond motifs is 6. The Hall–Kier alpha value is -8.47. The molecule has 0 spiro atoms. The Bertz CT molecular complexity index is 3530. The predicted octanol–water partition coefficient (Wildman–Crippen LogP) is 15.7. The van der Waals surface area contributed by atoms with Crippen LogP contribution in [0.2, 0.25) is 0 Å². The van der Waals surface area contributed by atoms with Gasteiger partial charge in [0, 0.05) is 33.0 Å². The van der Waals surface area contributed by atoms with E-state index in [0.717, 1.165) is 94.4 Å². The fourth-order valence-electron chi connectivity index (χ4n) is 8.88. The Morgan fingerprint density at radius 1 is 0.317 bits per heavy atom. The highest BCUT2D eigenvalue weighted by Gasteiger charge is 2.20. The highest BCUT2D eigenvalue weighted by atomic mass is 16.3. The van der Waals surface area contributed by atoms with Gasteiger partial charge in [-0.1, -0.05) is 200 Å². The first kappa shape index (κ1) is 36.4. The number of furan rings is 1. The molecular weight excluding hydrogens is 767 g/mol. The number of aromatic nitrogens is 3. The van der Waals surface area contributed by atoms with Gasteiger partial charge in [0.25, 0.3) is 0 Å². The van der Waals surface area contributed by atoms with E-state index < -0.39 is 0 Å². The maximum atomic E-state index is 6.70. The molecule has 12 aromatic rings. The summed E-state index contributed by atoms with van der Waals surface area (Å²) in [5.41, 5.74) is 16.2. The van der Waals surface area contributed by atoms with Crippen LogP contribution in [0.3, 0.4) is 0 Å². The van der Waals surface area contributed by atoms with Gasteiger partial charge in [-0.25, -0.2) is 15.0 Å². The lowest BCUT2D eigenvalue weighted by atomic mass is 9.96. The van der Waals surface area contributed by atoms with Crippen molar-refractivity contribution in [1.29, 1.82) is 0 Å². The van der Waals surface area contributed by atoms with E-state index in [1.807, 2.05) is 24.3 Å². The minimum absolute atomic E-state index is 0.668. The van der Waals surface area contributed by atoms with Crippen molar-refractivity contribution in [3.05, 3.63) is 224 Å². The summed E-state index contributed by atoms with van der Waals surface area (Å²) in [4.78, 5) is 15.7. The lowest BCUT2D eigenvalue weighted by Crippen LogP contribution is -1.96. The maximum absolute atomic E-state index is 6.70. The molecule has 3 aromatic heterocycles. The minimum atomic E-state index is 0.668. The average molecular weight is 804 g/mol. The lowest BCUT2D eigenvalue weighted by molar-refractivity contribution is 0.672. The number of nitrogens with zero attached hydrogens (tertiary/aromatic N) is 3. The maximum Gasteiger partial charge on any atom is 0.160 e. The van der Waals surface area contributed by atoms with E-state index >= 15 is 0 Å². The van der Waals surface area contributed by atoms with Gasteiger partial charge in [-0.3, -0.25) is 0 Å². The van der Waals surface area contributed by atoms with Gasteiger partial charge in [-0.05, 0) is 68.4 Å². The van der Waals surface area contributed by atoms with Gasteiger partial charge in [-0.2, -0.15) is 0 Å². The second kappa shape index (κ2) is 15.2. The molecular formula is C59H37N3O. The Morgan fingerprint density at radius 3 is 1.46 bits per heavy atom. The van der Waals surface area contributed by atoms with Gasteiger partial charge >= 0.3 is 0 Å². The van der Waals surface area contributed by atoms with Crippen molar-refractivity contribution >= 4 is 43.6 Å². The summed E-state index contributed by atoms with van der Waals surface area (Å²) < 4.78 is 6.70. The molecule has 12 rings (SSSR count). The lowest BCUT2D eigenvalue weighted by Gasteiger charge is -2.12. The number of hydrogen-bond acceptors (Lipinski definition) is 4. The Balaban J connectivity index is 0.940. The molecule has 3 heterocycles. The molecule has 0 N–H and O–H groups in total. The van der Waals surface area contributed by atoms with Crippen molar-refractivity contribution < 1.29 is 4.42 Å². The second-order valence-corrected chi connectivity index (χ2v) is 15.9. The van der Waals surface area contributed by atoms with Crippen molar-refractivity contribution in [2.75, 3.05) is 0 Å². The first-order valence-electron chi connectivity index (χ1n) is 21.2. The van der Waals surface area contributed by atoms with Crippen LogP contribution in [0.25, 0.3) is 122 Å².